The highest BCUT2D eigenvalue weighted by atomic mass is 16.5. The van der Waals surface area contributed by atoms with Crippen molar-refractivity contribution in [2.45, 2.75) is 12.0 Å². The van der Waals surface area contributed by atoms with Crippen molar-refractivity contribution in [1.82, 2.24) is 14.9 Å². The van der Waals surface area contributed by atoms with Crippen LogP contribution in [-0.4, -0.2) is 71.2 Å². The number of carbonyl (C=O) groups excluding carboxylic acids is 2. The Morgan fingerprint density at radius 3 is 2.93 bits per heavy atom. The van der Waals surface area contributed by atoms with Crippen LogP contribution in [0.1, 0.15) is 22.5 Å². The molecule has 1 aliphatic heterocycles. The second-order valence-corrected chi connectivity index (χ2v) is 6.91. The van der Waals surface area contributed by atoms with Crippen LogP contribution in [0.2, 0.25) is 0 Å². The average Bonchev–Trinajstić information content (AvgIpc) is 3.00. The number of rotatable bonds is 6. The molecule has 156 valence electrons. The topological polar surface area (TPSA) is 131 Å². The van der Waals surface area contributed by atoms with E-state index in [1.165, 1.54) is 11.1 Å². The van der Waals surface area contributed by atoms with Gasteiger partial charge in [-0.2, -0.15) is 0 Å². The number of anilines is 1. The molecule has 0 spiro atoms. The van der Waals surface area contributed by atoms with Gasteiger partial charge in [0.2, 0.25) is 5.60 Å². The molecule has 2 aromatic rings. The van der Waals surface area contributed by atoms with Gasteiger partial charge in [-0.05, 0) is 12.1 Å². The second kappa shape index (κ2) is 8.90. The molecular weight excluding hydrogens is 386 g/mol. The summed E-state index contributed by atoms with van der Waals surface area (Å²) >= 11 is 0. The summed E-state index contributed by atoms with van der Waals surface area (Å²) in [6.07, 6.45) is 1.75. The fourth-order valence-corrected chi connectivity index (χ4v) is 3.01. The first-order valence-corrected chi connectivity index (χ1v) is 9.35. The van der Waals surface area contributed by atoms with Crippen molar-refractivity contribution >= 4 is 17.5 Å². The minimum atomic E-state index is -1.67. The SMILES string of the molecule is COCCNc1cnc(-c2cccc(C#C[C@]3(O)CCN(C)C3=O)c2)nc1C(N)=O. The number of ether oxygens (including phenoxy) is 1. The van der Waals surface area contributed by atoms with Crippen LogP contribution in [0.25, 0.3) is 11.4 Å². The Labute approximate surface area is 174 Å². The molecule has 1 fully saturated rings. The summed E-state index contributed by atoms with van der Waals surface area (Å²) in [6, 6.07) is 6.99. The quantitative estimate of drug-likeness (QED) is 0.460. The Kier molecular flexibility index (Phi) is 6.30. The Bertz CT molecular complexity index is 1030. The van der Waals surface area contributed by atoms with Crippen molar-refractivity contribution < 1.29 is 19.4 Å². The molecule has 1 atom stereocenters. The second-order valence-electron chi connectivity index (χ2n) is 6.91. The zero-order valence-electron chi connectivity index (χ0n) is 16.8. The Hall–Kier alpha value is -3.48. The molecule has 4 N–H and O–H groups in total. The maximum absolute atomic E-state index is 12.1. The summed E-state index contributed by atoms with van der Waals surface area (Å²) in [5, 5.41) is 13.4. The molecule has 0 bridgehead atoms. The minimum Gasteiger partial charge on any atom is -0.383 e. The Morgan fingerprint density at radius 2 is 2.27 bits per heavy atom. The zero-order valence-corrected chi connectivity index (χ0v) is 16.8. The molecule has 30 heavy (non-hydrogen) atoms. The van der Waals surface area contributed by atoms with Crippen LogP contribution in [0.5, 0.6) is 0 Å². The number of methoxy groups -OCH3 is 1. The maximum atomic E-state index is 12.1. The third-order valence-electron chi connectivity index (χ3n) is 4.69. The highest BCUT2D eigenvalue weighted by molar-refractivity contribution is 5.96. The van der Waals surface area contributed by atoms with Crippen molar-refractivity contribution in [3.05, 3.63) is 41.7 Å². The summed E-state index contributed by atoms with van der Waals surface area (Å²) in [7, 11) is 3.20. The van der Waals surface area contributed by atoms with E-state index in [0.29, 0.717) is 42.3 Å². The number of likely N-dealkylation sites (N-methyl/N-ethyl adjacent to an activating group) is 1. The first-order valence-electron chi connectivity index (χ1n) is 9.35. The lowest BCUT2D eigenvalue weighted by Gasteiger charge is -2.13. The van der Waals surface area contributed by atoms with Gasteiger partial charge in [-0.1, -0.05) is 24.0 Å². The molecule has 9 heteroatoms. The van der Waals surface area contributed by atoms with Crippen LogP contribution in [0.4, 0.5) is 5.69 Å². The number of aromatic nitrogens is 2. The van der Waals surface area contributed by atoms with E-state index < -0.39 is 17.4 Å². The molecule has 1 aliphatic rings. The minimum absolute atomic E-state index is 0.0708. The van der Waals surface area contributed by atoms with Crippen LogP contribution >= 0.6 is 0 Å². The fourth-order valence-electron chi connectivity index (χ4n) is 3.01. The number of aliphatic hydroxyl groups is 1. The van der Waals surface area contributed by atoms with Gasteiger partial charge in [-0.3, -0.25) is 9.59 Å². The molecule has 2 amide bonds. The summed E-state index contributed by atoms with van der Waals surface area (Å²) in [6.45, 7) is 1.38. The molecule has 1 aromatic carbocycles. The number of primary amides is 1. The van der Waals surface area contributed by atoms with Gasteiger partial charge in [0, 0.05) is 44.8 Å². The lowest BCUT2D eigenvalue weighted by molar-refractivity contribution is -0.137. The third-order valence-corrected chi connectivity index (χ3v) is 4.69. The highest BCUT2D eigenvalue weighted by Gasteiger charge is 2.42. The van der Waals surface area contributed by atoms with Crippen molar-refractivity contribution in [3.8, 4) is 23.2 Å². The van der Waals surface area contributed by atoms with Crippen molar-refractivity contribution in [2.24, 2.45) is 5.73 Å². The van der Waals surface area contributed by atoms with Gasteiger partial charge in [0.05, 0.1) is 18.5 Å². The molecule has 0 saturated carbocycles. The number of nitrogens with two attached hydrogens (primary N) is 1. The van der Waals surface area contributed by atoms with Gasteiger partial charge in [-0.25, -0.2) is 9.97 Å². The first kappa shape index (κ1) is 21.2. The van der Waals surface area contributed by atoms with Crippen LogP contribution in [0.15, 0.2) is 30.5 Å². The van der Waals surface area contributed by atoms with E-state index in [9.17, 15) is 14.7 Å². The molecule has 0 radical (unpaired) electrons. The van der Waals surface area contributed by atoms with E-state index in [1.807, 2.05) is 0 Å². The van der Waals surface area contributed by atoms with E-state index in [4.69, 9.17) is 10.5 Å². The zero-order chi connectivity index (χ0) is 21.7. The number of benzene rings is 1. The molecule has 1 saturated heterocycles. The molecule has 2 heterocycles. The van der Waals surface area contributed by atoms with Gasteiger partial charge in [0.1, 0.15) is 0 Å². The Morgan fingerprint density at radius 1 is 1.47 bits per heavy atom. The van der Waals surface area contributed by atoms with E-state index in [1.54, 1.807) is 38.4 Å². The largest absolute Gasteiger partial charge is 0.383 e. The van der Waals surface area contributed by atoms with Gasteiger partial charge < -0.3 is 25.8 Å². The number of nitrogens with one attached hydrogen (secondary N) is 1. The number of hydrogen-bond acceptors (Lipinski definition) is 7. The standard InChI is InChI=1S/C21H23N5O4/c1-26-10-8-21(29,20(26)28)7-6-14-4-3-5-15(12-14)19-24-13-16(23-9-11-30-2)17(25-19)18(22)27/h3-5,12-13,23,29H,8-11H2,1-2H3,(H2,22,27)/t21-/m0/s1. The first-order chi connectivity index (χ1) is 14.3. The Balaban J connectivity index is 1.87. The lowest BCUT2D eigenvalue weighted by atomic mass is 10.0. The summed E-state index contributed by atoms with van der Waals surface area (Å²) in [4.78, 5) is 33.9. The van der Waals surface area contributed by atoms with E-state index in [0.717, 1.165) is 0 Å². The van der Waals surface area contributed by atoms with E-state index in [2.05, 4.69) is 27.1 Å². The molecule has 0 unspecified atom stereocenters. The van der Waals surface area contributed by atoms with Crippen molar-refractivity contribution in [3.63, 3.8) is 0 Å². The van der Waals surface area contributed by atoms with E-state index in [-0.39, 0.29) is 12.1 Å². The molecule has 9 nitrogen and oxygen atoms in total. The highest BCUT2D eigenvalue weighted by Crippen LogP contribution is 2.22. The predicted molar refractivity (Wildman–Crippen MR) is 110 cm³/mol. The van der Waals surface area contributed by atoms with Crippen molar-refractivity contribution in [1.29, 1.82) is 0 Å². The third kappa shape index (κ3) is 4.56. The summed E-state index contributed by atoms with van der Waals surface area (Å²) in [5.41, 5.74) is 5.49. The lowest BCUT2D eigenvalue weighted by Crippen LogP contribution is -2.37. The van der Waals surface area contributed by atoms with Crippen molar-refractivity contribution in [2.75, 3.05) is 39.2 Å². The van der Waals surface area contributed by atoms with Crippen LogP contribution in [-0.2, 0) is 9.53 Å². The molecule has 1 aromatic heterocycles. The van der Waals surface area contributed by atoms with Gasteiger partial charge in [-0.15, -0.1) is 0 Å². The number of hydrogen-bond donors (Lipinski definition) is 3. The summed E-state index contributed by atoms with van der Waals surface area (Å²) < 4.78 is 4.98. The predicted octanol–water partition coefficient (Wildman–Crippen LogP) is 0.246. The number of amides is 2. The smallest absolute Gasteiger partial charge is 0.269 e. The number of likely N-dealkylation sites (tertiary alicyclic amines) is 1. The van der Waals surface area contributed by atoms with Gasteiger partial charge in [0.15, 0.2) is 11.5 Å². The maximum Gasteiger partial charge on any atom is 0.269 e. The van der Waals surface area contributed by atoms with Crippen LogP contribution in [0, 0.1) is 11.8 Å². The molecule has 0 aliphatic carbocycles. The van der Waals surface area contributed by atoms with E-state index >= 15 is 0 Å². The van der Waals surface area contributed by atoms with Crippen LogP contribution in [0.3, 0.4) is 0 Å². The van der Waals surface area contributed by atoms with Gasteiger partial charge >= 0.3 is 0 Å². The number of carbonyl (C=O) groups is 2. The number of nitrogens with zero attached hydrogens (tertiary/aromatic N) is 3. The fraction of sp³-hybridized carbons (Fsp3) is 0.333. The normalized spacial score (nSPS) is 18.1. The molecule has 3 rings (SSSR count). The van der Waals surface area contributed by atoms with Gasteiger partial charge in [0.25, 0.3) is 11.8 Å². The molecular formula is C21H23N5O4. The van der Waals surface area contributed by atoms with Crippen LogP contribution < -0.4 is 11.1 Å². The average molecular weight is 409 g/mol. The monoisotopic (exact) mass is 409 g/mol. The summed E-state index contributed by atoms with van der Waals surface area (Å²) in [5.74, 6) is 4.75.